The van der Waals surface area contributed by atoms with Crippen LogP contribution in [0.5, 0.6) is 11.5 Å². The van der Waals surface area contributed by atoms with Gasteiger partial charge in [-0.25, -0.2) is 14.8 Å². The molecule has 5 atom stereocenters. The van der Waals surface area contributed by atoms with Crippen LogP contribution in [0.15, 0.2) is 60.9 Å². The van der Waals surface area contributed by atoms with Crippen LogP contribution in [0.2, 0.25) is 0 Å². The van der Waals surface area contributed by atoms with Crippen molar-refractivity contribution >= 4 is 34.8 Å². The minimum Gasteiger partial charge on any atom is -0.507 e. The van der Waals surface area contributed by atoms with Crippen LogP contribution in [-0.2, 0) is 16.0 Å². The number of amides is 4. The maximum atomic E-state index is 14.4. The fraction of sp³-hybridized carbons (Fsp3) is 0.500. The van der Waals surface area contributed by atoms with E-state index in [-0.39, 0.29) is 54.1 Å². The number of β-amino-alcohol motifs (C(OH)–C–C–N with tert-alkyl or cyclic N) is 1. The van der Waals surface area contributed by atoms with Crippen molar-refractivity contribution in [2.24, 2.45) is 10.8 Å². The zero-order valence-electron chi connectivity index (χ0n) is 40.9. The van der Waals surface area contributed by atoms with Crippen LogP contribution in [0.1, 0.15) is 112 Å². The Hall–Kier alpha value is -6.77. The minimum absolute atomic E-state index is 0.00813. The summed E-state index contributed by atoms with van der Waals surface area (Å²) in [7, 11) is 0. The number of rotatable bonds is 8. The molecule has 1 aliphatic carbocycles. The number of urea groups is 1. The molecule has 71 heavy (non-hydrogen) atoms. The van der Waals surface area contributed by atoms with Gasteiger partial charge in [0.1, 0.15) is 23.6 Å². The first-order valence-corrected chi connectivity index (χ1v) is 25.2. The van der Waals surface area contributed by atoms with Gasteiger partial charge in [-0.15, -0.1) is 16.6 Å². The number of likely N-dealkylation sites (tertiary alicyclic amines) is 3. The van der Waals surface area contributed by atoms with Gasteiger partial charge in [0.05, 0.1) is 30.5 Å². The summed E-state index contributed by atoms with van der Waals surface area (Å²) >= 11 is 0. The number of phenolic OH excluding ortho intramolecular Hbond substituents is 1. The largest absolute Gasteiger partial charge is 0.507 e. The average Bonchev–Trinajstić information content (AvgIpc) is 3.93. The molecular weight excluding hydrogens is 899 g/mol. The standard InChI is InChI=1S/C54H63N11O6/c1-6-32-11-12-38-40(16-20-71-45(38)21-32)58-49(68)43-22-36(66)28-65(43)50(69)47(53(3,4)5)59-52(70)63-29-54(30-63)24-35(25-54)62-17-13-33(14-18-62)34-26-55-51(56-27-34)64-19-15-41-46(31(64)2)39-23-42(60-61-48(39)57-41)37-9-7-8-10-44(37)67/h1,7-12,21,23,26-27,31,33,35-36,40,43,47,66-67H,13-20,22,24-25,28-30H2,2-5H3,(H,57,61)(H,58,68)(H,59,70)/t31-,36-,40+,43+,47-/m1/s1. The summed E-state index contributed by atoms with van der Waals surface area (Å²) in [5.41, 5.74) is 6.42. The second-order valence-corrected chi connectivity index (χ2v) is 21.9. The van der Waals surface area contributed by atoms with E-state index in [0.29, 0.717) is 66.6 Å². The van der Waals surface area contributed by atoms with Crippen molar-refractivity contribution in [1.29, 1.82) is 0 Å². The number of carbonyl (C=O) groups excluding carboxylic acids is 3. The van der Waals surface area contributed by atoms with Gasteiger partial charge in [0.15, 0.2) is 5.65 Å². The van der Waals surface area contributed by atoms with E-state index in [2.05, 4.69) is 48.5 Å². The first-order chi connectivity index (χ1) is 34.1. The van der Waals surface area contributed by atoms with Gasteiger partial charge in [0.25, 0.3) is 0 Å². The molecule has 3 saturated heterocycles. The number of aliphatic hydroxyl groups is 1. The predicted molar refractivity (Wildman–Crippen MR) is 266 cm³/mol. The molecule has 5 aromatic rings. The number of aromatic nitrogens is 5. The molecule has 1 saturated carbocycles. The number of para-hydroxylation sites is 1. The summed E-state index contributed by atoms with van der Waals surface area (Å²) in [5.74, 6) is 3.79. The highest BCUT2D eigenvalue weighted by atomic mass is 16.5. The van der Waals surface area contributed by atoms with Gasteiger partial charge >= 0.3 is 6.03 Å². The number of hydrogen-bond acceptors (Lipinski definition) is 12. The molecule has 370 valence electrons. The van der Waals surface area contributed by atoms with Crippen LogP contribution in [0.4, 0.5) is 10.7 Å². The van der Waals surface area contributed by atoms with Gasteiger partial charge in [0, 0.05) is 103 Å². The molecule has 4 amide bonds. The van der Waals surface area contributed by atoms with Crippen LogP contribution in [0.3, 0.4) is 0 Å². The van der Waals surface area contributed by atoms with Gasteiger partial charge < -0.3 is 50.2 Å². The maximum Gasteiger partial charge on any atom is 0.318 e. The molecule has 4 fully saturated rings. The fourth-order valence-corrected chi connectivity index (χ4v) is 12.3. The Morgan fingerprint density at radius 1 is 1.00 bits per heavy atom. The number of aliphatic hydroxyl groups excluding tert-OH is 1. The molecule has 11 rings (SSSR count). The molecule has 0 unspecified atom stereocenters. The number of anilines is 1. The van der Waals surface area contributed by atoms with Crippen LogP contribution in [0, 0.1) is 23.2 Å². The van der Waals surface area contributed by atoms with Crippen LogP contribution >= 0.6 is 0 Å². The average molecular weight is 962 g/mol. The highest BCUT2D eigenvalue weighted by Gasteiger charge is 2.56. The van der Waals surface area contributed by atoms with Gasteiger partial charge in [-0.1, -0.05) is 44.9 Å². The van der Waals surface area contributed by atoms with E-state index in [1.807, 2.05) is 68.4 Å². The lowest BCUT2D eigenvalue weighted by Crippen LogP contribution is -2.70. The Morgan fingerprint density at radius 2 is 1.76 bits per heavy atom. The number of piperidine rings is 1. The van der Waals surface area contributed by atoms with E-state index in [1.54, 1.807) is 18.2 Å². The van der Waals surface area contributed by atoms with Crippen molar-refractivity contribution in [1.82, 2.24) is 50.5 Å². The first kappa shape index (κ1) is 46.6. The second kappa shape index (κ2) is 18.1. The third-order valence-corrected chi connectivity index (χ3v) is 16.2. The Bertz CT molecular complexity index is 2910. The molecule has 8 heterocycles. The maximum absolute atomic E-state index is 14.4. The lowest BCUT2D eigenvalue weighted by molar-refractivity contribution is -0.142. The molecule has 17 heteroatoms. The number of fused-ring (bicyclic) bond motifs is 4. The van der Waals surface area contributed by atoms with E-state index >= 15 is 0 Å². The summed E-state index contributed by atoms with van der Waals surface area (Å²) < 4.78 is 5.83. The molecular formula is C54H63N11O6. The van der Waals surface area contributed by atoms with Gasteiger partial charge in [-0.05, 0) is 92.9 Å². The van der Waals surface area contributed by atoms with Crippen molar-refractivity contribution in [2.45, 2.75) is 115 Å². The van der Waals surface area contributed by atoms with E-state index < -0.39 is 23.6 Å². The highest BCUT2D eigenvalue weighted by Crippen LogP contribution is 2.51. The minimum atomic E-state index is -0.903. The SMILES string of the molecule is C#Cc1ccc2c(c1)OCC[C@@H]2NC(=O)[C@@H]1C[C@@H](O)CN1C(=O)[C@@H](NC(=O)N1CC2(CC(N3CCC(c4cnc(N5CCc6[nH]c7nnc(-c8ccccc8O)cc7c6[C@H]5C)nc4)CC3)C2)C1)C(C)(C)C. The molecule has 3 aromatic heterocycles. The summed E-state index contributed by atoms with van der Waals surface area (Å²) in [4.78, 5) is 63.5. The number of aromatic hydroxyl groups is 1. The predicted octanol–water partition coefficient (Wildman–Crippen LogP) is 5.60. The number of terminal acetylenes is 1. The smallest absolute Gasteiger partial charge is 0.318 e. The number of ether oxygens (including phenoxy) is 1. The number of nitrogens with zero attached hydrogens (tertiary/aromatic N) is 8. The number of carbonyl (C=O) groups is 3. The molecule has 17 nitrogen and oxygen atoms in total. The fourth-order valence-electron chi connectivity index (χ4n) is 12.3. The number of aromatic amines is 1. The number of hydrogen-bond donors (Lipinski definition) is 5. The van der Waals surface area contributed by atoms with Crippen LogP contribution < -0.4 is 20.3 Å². The third kappa shape index (κ3) is 8.68. The molecule has 0 bridgehead atoms. The van der Waals surface area contributed by atoms with Crippen molar-refractivity contribution < 1.29 is 29.3 Å². The Labute approximate surface area is 413 Å². The monoisotopic (exact) mass is 961 g/mol. The number of benzene rings is 2. The van der Waals surface area contributed by atoms with Gasteiger partial charge in [-0.3, -0.25) is 9.59 Å². The highest BCUT2D eigenvalue weighted by molar-refractivity contribution is 5.93. The summed E-state index contributed by atoms with van der Waals surface area (Å²) in [5, 5.41) is 37.3. The van der Waals surface area contributed by atoms with Crippen molar-refractivity contribution in [3.8, 4) is 35.1 Å². The van der Waals surface area contributed by atoms with Gasteiger partial charge in [-0.2, -0.15) is 0 Å². The zero-order chi connectivity index (χ0) is 49.3. The second-order valence-electron chi connectivity index (χ2n) is 21.9. The van der Waals surface area contributed by atoms with Crippen LogP contribution in [0.25, 0.3) is 22.3 Å². The van der Waals surface area contributed by atoms with E-state index in [1.165, 1.54) is 10.5 Å². The van der Waals surface area contributed by atoms with E-state index in [4.69, 9.17) is 21.1 Å². The Kier molecular flexibility index (Phi) is 11.9. The Balaban J connectivity index is 0.656. The van der Waals surface area contributed by atoms with Crippen LogP contribution in [-0.4, -0.2) is 138 Å². The third-order valence-electron chi connectivity index (χ3n) is 16.2. The summed E-state index contributed by atoms with van der Waals surface area (Å²) in [6, 6.07) is 12.7. The van der Waals surface area contributed by atoms with E-state index in [0.717, 1.165) is 79.6 Å². The van der Waals surface area contributed by atoms with Crippen molar-refractivity contribution in [2.75, 3.05) is 50.8 Å². The summed E-state index contributed by atoms with van der Waals surface area (Å²) in [6.45, 7) is 12.4. The van der Waals surface area contributed by atoms with Gasteiger partial charge in [0.2, 0.25) is 17.8 Å². The van der Waals surface area contributed by atoms with Crippen molar-refractivity contribution in [3.63, 3.8) is 0 Å². The first-order valence-electron chi connectivity index (χ1n) is 25.2. The Morgan fingerprint density at radius 3 is 2.49 bits per heavy atom. The molecule has 5 aliphatic heterocycles. The van der Waals surface area contributed by atoms with Crippen molar-refractivity contribution in [3.05, 3.63) is 88.9 Å². The lowest BCUT2D eigenvalue weighted by atomic mass is 9.60. The van der Waals surface area contributed by atoms with E-state index in [9.17, 15) is 24.6 Å². The number of nitrogens with one attached hydrogen (secondary N) is 3. The molecule has 5 N–H and O–H groups in total. The lowest BCUT2D eigenvalue weighted by Gasteiger charge is -2.61. The number of H-pyrrole nitrogens is 1. The molecule has 1 spiro atoms. The molecule has 2 aromatic carbocycles. The summed E-state index contributed by atoms with van der Waals surface area (Å²) in [6.07, 6.45) is 14.4. The number of phenols is 1. The normalized spacial score (nSPS) is 23.7. The molecule has 6 aliphatic rings. The molecule has 0 radical (unpaired) electrons. The topological polar surface area (TPSA) is 205 Å². The quantitative estimate of drug-likeness (QED) is 0.121. The zero-order valence-corrected chi connectivity index (χ0v) is 40.9.